The van der Waals surface area contributed by atoms with Crippen LogP contribution in [0.1, 0.15) is 26.3 Å². The first-order chi connectivity index (χ1) is 9.76. The molecule has 0 fully saturated rings. The topological polar surface area (TPSA) is 27.7 Å². The molecule has 1 aromatic carbocycles. The maximum atomic E-state index is 6.37. The summed E-state index contributed by atoms with van der Waals surface area (Å²) in [5.41, 5.74) is 1.18. The molecule has 0 spiro atoms. The molecule has 0 amide bonds. The molecule has 120 valence electrons. The van der Waals surface area contributed by atoms with Crippen molar-refractivity contribution in [3.05, 3.63) is 35.9 Å². The molecule has 3 nitrogen and oxygen atoms in total. The predicted molar refractivity (Wildman–Crippen MR) is 90.0 cm³/mol. The molecule has 0 aliphatic heterocycles. The molecule has 1 atom stereocenters. The van der Waals surface area contributed by atoms with E-state index in [-0.39, 0.29) is 11.1 Å². The molecule has 0 bridgehead atoms. The Balaban J connectivity index is 2.50. The second-order valence-corrected chi connectivity index (χ2v) is 11.7. The lowest BCUT2D eigenvalue weighted by molar-refractivity contribution is -0.00496. The summed E-state index contributed by atoms with van der Waals surface area (Å²) in [6, 6.07) is 10.2. The monoisotopic (exact) mass is 310 g/mol. The SMILES string of the molecule is COC[C@@H](COCc1ccccc1)O[Si](C)(C)C(C)(C)C. The summed E-state index contributed by atoms with van der Waals surface area (Å²) in [5.74, 6) is 0. The normalized spacial score (nSPS) is 14.2. The Morgan fingerprint density at radius 1 is 1.05 bits per heavy atom. The van der Waals surface area contributed by atoms with Crippen LogP contribution >= 0.6 is 0 Å². The van der Waals surface area contributed by atoms with Crippen LogP contribution in [0.4, 0.5) is 0 Å². The number of hydrogen-bond acceptors (Lipinski definition) is 3. The van der Waals surface area contributed by atoms with E-state index in [4.69, 9.17) is 13.9 Å². The third-order valence-corrected chi connectivity index (χ3v) is 8.57. The molecule has 21 heavy (non-hydrogen) atoms. The van der Waals surface area contributed by atoms with Crippen LogP contribution in [0.5, 0.6) is 0 Å². The second-order valence-electron chi connectivity index (χ2n) is 6.96. The van der Waals surface area contributed by atoms with E-state index in [1.54, 1.807) is 7.11 Å². The fraction of sp³-hybridized carbons (Fsp3) is 0.647. The zero-order valence-corrected chi connectivity index (χ0v) is 15.3. The molecule has 1 rings (SSSR count). The Morgan fingerprint density at radius 3 is 2.19 bits per heavy atom. The van der Waals surface area contributed by atoms with Gasteiger partial charge in [0.05, 0.1) is 25.9 Å². The lowest BCUT2D eigenvalue weighted by Gasteiger charge is -2.39. The smallest absolute Gasteiger partial charge is 0.192 e. The molecule has 0 unspecified atom stereocenters. The number of ether oxygens (including phenoxy) is 2. The van der Waals surface area contributed by atoms with Gasteiger partial charge in [-0.1, -0.05) is 51.1 Å². The van der Waals surface area contributed by atoms with Gasteiger partial charge in [-0.3, -0.25) is 0 Å². The van der Waals surface area contributed by atoms with E-state index in [1.165, 1.54) is 5.56 Å². The third-order valence-electron chi connectivity index (χ3n) is 4.04. The molecular weight excluding hydrogens is 280 g/mol. The molecule has 0 saturated carbocycles. The van der Waals surface area contributed by atoms with E-state index < -0.39 is 8.32 Å². The summed E-state index contributed by atoms with van der Waals surface area (Å²) in [5, 5.41) is 0.193. The highest BCUT2D eigenvalue weighted by Crippen LogP contribution is 2.37. The Morgan fingerprint density at radius 2 is 1.67 bits per heavy atom. The van der Waals surface area contributed by atoms with Gasteiger partial charge < -0.3 is 13.9 Å². The van der Waals surface area contributed by atoms with Crippen LogP contribution in [0.2, 0.25) is 18.1 Å². The zero-order chi connectivity index (χ0) is 15.9. The van der Waals surface area contributed by atoms with Crippen molar-refractivity contribution < 1.29 is 13.9 Å². The average molecular weight is 311 g/mol. The van der Waals surface area contributed by atoms with Crippen LogP contribution in [-0.2, 0) is 20.5 Å². The molecule has 0 radical (unpaired) electrons. The van der Waals surface area contributed by atoms with Crippen molar-refractivity contribution in [2.75, 3.05) is 20.3 Å². The highest BCUT2D eigenvalue weighted by Gasteiger charge is 2.39. The first-order valence-corrected chi connectivity index (χ1v) is 10.5. The first-order valence-electron chi connectivity index (χ1n) is 7.54. The Labute approximate surface area is 130 Å². The average Bonchev–Trinajstić information content (AvgIpc) is 2.38. The van der Waals surface area contributed by atoms with E-state index in [9.17, 15) is 0 Å². The van der Waals surface area contributed by atoms with Crippen LogP contribution in [0.3, 0.4) is 0 Å². The Kier molecular flexibility index (Phi) is 7.07. The van der Waals surface area contributed by atoms with Gasteiger partial charge in [0, 0.05) is 7.11 Å². The van der Waals surface area contributed by atoms with Crippen LogP contribution in [-0.4, -0.2) is 34.7 Å². The van der Waals surface area contributed by atoms with Gasteiger partial charge in [-0.2, -0.15) is 0 Å². The second kappa shape index (κ2) is 8.08. The van der Waals surface area contributed by atoms with E-state index in [0.29, 0.717) is 19.8 Å². The van der Waals surface area contributed by atoms with Crippen LogP contribution in [0.15, 0.2) is 30.3 Å². The molecule has 0 aromatic heterocycles. The molecule has 0 aliphatic carbocycles. The highest BCUT2D eigenvalue weighted by atomic mass is 28.4. The van der Waals surface area contributed by atoms with Gasteiger partial charge in [0.1, 0.15) is 0 Å². The minimum Gasteiger partial charge on any atom is -0.409 e. The number of hydrogen-bond donors (Lipinski definition) is 0. The first kappa shape index (κ1) is 18.4. The number of rotatable bonds is 8. The van der Waals surface area contributed by atoms with Crippen LogP contribution in [0, 0.1) is 0 Å². The summed E-state index contributed by atoms with van der Waals surface area (Å²) in [6.07, 6.45) is -0.000367. The van der Waals surface area contributed by atoms with Crippen molar-refractivity contribution in [3.8, 4) is 0 Å². The van der Waals surface area contributed by atoms with Gasteiger partial charge in [0.25, 0.3) is 0 Å². The van der Waals surface area contributed by atoms with Crippen LogP contribution in [0.25, 0.3) is 0 Å². The summed E-state index contributed by atoms with van der Waals surface area (Å²) >= 11 is 0. The Hall–Kier alpha value is -0.683. The molecular formula is C17H30O3Si. The fourth-order valence-electron chi connectivity index (χ4n) is 1.78. The largest absolute Gasteiger partial charge is 0.409 e. The molecule has 0 saturated heterocycles. The van der Waals surface area contributed by atoms with Crippen molar-refractivity contribution >= 4 is 8.32 Å². The summed E-state index contributed by atoms with van der Waals surface area (Å²) < 4.78 is 17.5. The molecule has 4 heteroatoms. The third kappa shape index (κ3) is 6.30. The van der Waals surface area contributed by atoms with Crippen molar-refractivity contribution in [1.82, 2.24) is 0 Å². The van der Waals surface area contributed by atoms with Gasteiger partial charge in [0.15, 0.2) is 8.32 Å². The summed E-state index contributed by atoms with van der Waals surface area (Å²) in [4.78, 5) is 0. The van der Waals surface area contributed by atoms with E-state index >= 15 is 0 Å². The molecule has 0 heterocycles. The van der Waals surface area contributed by atoms with Crippen LogP contribution < -0.4 is 0 Å². The van der Waals surface area contributed by atoms with Crippen molar-refractivity contribution in [3.63, 3.8) is 0 Å². The van der Waals surface area contributed by atoms with Gasteiger partial charge in [0.2, 0.25) is 0 Å². The van der Waals surface area contributed by atoms with Gasteiger partial charge in [-0.25, -0.2) is 0 Å². The van der Waals surface area contributed by atoms with E-state index in [2.05, 4.69) is 46.0 Å². The standard InChI is InChI=1S/C17H30O3Si/c1-17(2,3)21(5,6)20-16(13-18-4)14-19-12-15-10-8-7-9-11-15/h7-11,16H,12-14H2,1-6H3/t16-/m0/s1. The van der Waals surface area contributed by atoms with E-state index in [1.807, 2.05) is 18.2 Å². The lowest BCUT2D eigenvalue weighted by atomic mass is 10.2. The van der Waals surface area contributed by atoms with Gasteiger partial charge >= 0.3 is 0 Å². The number of methoxy groups -OCH3 is 1. The molecule has 1 aromatic rings. The predicted octanol–water partition coefficient (Wildman–Crippen LogP) is 4.24. The Bertz CT molecular complexity index is 398. The number of benzene rings is 1. The van der Waals surface area contributed by atoms with Gasteiger partial charge in [-0.15, -0.1) is 0 Å². The highest BCUT2D eigenvalue weighted by molar-refractivity contribution is 6.74. The fourth-order valence-corrected chi connectivity index (χ4v) is 3.10. The van der Waals surface area contributed by atoms with Crippen molar-refractivity contribution in [2.24, 2.45) is 0 Å². The van der Waals surface area contributed by atoms with Crippen molar-refractivity contribution in [2.45, 2.75) is 51.6 Å². The zero-order valence-electron chi connectivity index (χ0n) is 14.3. The maximum Gasteiger partial charge on any atom is 0.192 e. The van der Waals surface area contributed by atoms with Gasteiger partial charge in [-0.05, 0) is 23.7 Å². The lowest BCUT2D eigenvalue weighted by Crippen LogP contribution is -2.46. The summed E-state index contributed by atoms with van der Waals surface area (Å²) in [6.45, 7) is 13.0. The quantitative estimate of drug-likeness (QED) is 0.672. The maximum absolute atomic E-state index is 6.37. The van der Waals surface area contributed by atoms with E-state index in [0.717, 1.165) is 0 Å². The minimum absolute atomic E-state index is 0.000367. The minimum atomic E-state index is -1.79. The molecule has 0 N–H and O–H groups in total. The van der Waals surface area contributed by atoms with Crippen molar-refractivity contribution in [1.29, 1.82) is 0 Å². The molecule has 0 aliphatic rings. The summed E-state index contributed by atoms with van der Waals surface area (Å²) in [7, 11) is -0.0870.